The Labute approximate surface area is 129 Å². The largest absolute Gasteiger partial charge is 0.336 e. The van der Waals surface area contributed by atoms with Gasteiger partial charge >= 0.3 is 0 Å². The first-order chi connectivity index (χ1) is 10.1. The van der Waals surface area contributed by atoms with Crippen molar-refractivity contribution in [3.63, 3.8) is 0 Å². The quantitative estimate of drug-likeness (QED) is 0.799. The maximum absolute atomic E-state index is 12.0. The van der Waals surface area contributed by atoms with Crippen molar-refractivity contribution in [2.75, 3.05) is 12.4 Å². The summed E-state index contributed by atoms with van der Waals surface area (Å²) in [6.07, 6.45) is 1.91. The first kappa shape index (κ1) is 14.1. The van der Waals surface area contributed by atoms with Crippen LogP contribution in [0, 0.1) is 6.92 Å². The van der Waals surface area contributed by atoms with E-state index in [1.807, 2.05) is 28.9 Å². The van der Waals surface area contributed by atoms with Crippen molar-refractivity contribution >= 4 is 17.5 Å². The molecule has 1 amide bonds. The fourth-order valence-electron chi connectivity index (χ4n) is 3.01. The Morgan fingerprint density at radius 1 is 1.38 bits per heavy atom. The summed E-state index contributed by atoms with van der Waals surface area (Å²) in [7, 11) is 1.94. The smallest absolute Gasteiger partial charge is 0.237 e. The summed E-state index contributed by atoms with van der Waals surface area (Å²) in [5, 5.41) is 4.34. The van der Waals surface area contributed by atoms with Crippen molar-refractivity contribution in [1.82, 2.24) is 14.7 Å². The molecule has 0 aliphatic carbocycles. The third kappa shape index (κ3) is 2.44. The van der Waals surface area contributed by atoms with E-state index < -0.39 is 0 Å². The van der Waals surface area contributed by atoms with Crippen molar-refractivity contribution < 1.29 is 4.79 Å². The highest BCUT2D eigenvalue weighted by Crippen LogP contribution is 2.34. The van der Waals surface area contributed by atoms with Crippen LogP contribution in [0.1, 0.15) is 28.3 Å². The van der Waals surface area contributed by atoms with Gasteiger partial charge < -0.3 is 4.90 Å². The molecule has 1 aromatic heterocycles. The Kier molecular flexibility index (Phi) is 3.72. The van der Waals surface area contributed by atoms with Crippen LogP contribution in [-0.4, -0.2) is 33.0 Å². The van der Waals surface area contributed by atoms with E-state index in [1.165, 1.54) is 16.7 Å². The van der Waals surface area contributed by atoms with Gasteiger partial charge in [-0.3, -0.25) is 9.48 Å². The van der Waals surface area contributed by atoms with Gasteiger partial charge in [0.15, 0.2) is 0 Å². The molecule has 1 aliphatic rings. The fourth-order valence-corrected chi connectivity index (χ4v) is 3.17. The third-order valence-electron chi connectivity index (χ3n) is 4.31. The van der Waals surface area contributed by atoms with Gasteiger partial charge in [-0.15, -0.1) is 11.6 Å². The van der Waals surface area contributed by atoms with Crippen LogP contribution >= 0.6 is 11.6 Å². The normalized spacial score (nSPS) is 17.7. The summed E-state index contributed by atoms with van der Waals surface area (Å²) in [6.45, 7) is 3.36. The molecular formula is C16H18ClN3O. The minimum absolute atomic E-state index is 0.0160. The van der Waals surface area contributed by atoms with E-state index in [2.05, 4.69) is 30.2 Å². The molecule has 0 saturated heterocycles. The summed E-state index contributed by atoms with van der Waals surface area (Å²) in [5.74, 6) is 0.175. The van der Waals surface area contributed by atoms with Gasteiger partial charge in [0.25, 0.3) is 0 Å². The molecule has 0 N–H and O–H groups in total. The molecule has 0 bridgehead atoms. The van der Waals surface area contributed by atoms with Crippen LogP contribution < -0.4 is 0 Å². The number of fused-ring (bicyclic) bond motifs is 1. The van der Waals surface area contributed by atoms with E-state index in [0.717, 1.165) is 5.69 Å². The number of carbonyl (C=O) groups is 1. The van der Waals surface area contributed by atoms with Gasteiger partial charge in [-0.2, -0.15) is 5.10 Å². The Hall–Kier alpha value is -1.81. The number of nitrogens with zero attached hydrogens (tertiary/aromatic N) is 3. The molecule has 1 unspecified atom stereocenters. The molecule has 0 spiro atoms. The van der Waals surface area contributed by atoms with E-state index in [1.54, 1.807) is 0 Å². The van der Waals surface area contributed by atoms with Crippen molar-refractivity contribution in [3.05, 3.63) is 52.8 Å². The van der Waals surface area contributed by atoms with Gasteiger partial charge in [0.05, 0.1) is 6.20 Å². The molecule has 0 saturated carbocycles. The van der Waals surface area contributed by atoms with Crippen molar-refractivity contribution in [1.29, 1.82) is 0 Å². The Bertz CT molecular complexity index is 680. The van der Waals surface area contributed by atoms with Crippen molar-refractivity contribution in [2.45, 2.75) is 19.4 Å². The van der Waals surface area contributed by atoms with Crippen LogP contribution in [-0.2, 0) is 18.4 Å². The second-order valence-electron chi connectivity index (χ2n) is 5.47. The lowest BCUT2D eigenvalue weighted by Crippen LogP contribution is -2.39. The van der Waals surface area contributed by atoms with Gasteiger partial charge in [-0.05, 0) is 18.1 Å². The Morgan fingerprint density at radius 3 is 2.81 bits per heavy atom. The molecule has 2 heterocycles. The summed E-state index contributed by atoms with van der Waals surface area (Å²) < 4.78 is 1.88. The van der Waals surface area contributed by atoms with Crippen LogP contribution in [0.15, 0.2) is 30.5 Å². The zero-order chi connectivity index (χ0) is 15.0. The molecule has 1 aromatic carbocycles. The average molecular weight is 304 g/mol. The van der Waals surface area contributed by atoms with E-state index in [9.17, 15) is 4.79 Å². The van der Waals surface area contributed by atoms with Crippen molar-refractivity contribution in [3.8, 4) is 0 Å². The summed E-state index contributed by atoms with van der Waals surface area (Å²) in [4.78, 5) is 13.9. The lowest BCUT2D eigenvalue weighted by Gasteiger charge is -2.34. The number of hydrogen-bond acceptors (Lipinski definition) is 2. The van der Waals surface area contributed by atoms with Crippen molar-refractivity contribution in [2.24, 2.45) is 7.05 Å². The lowest BCUT2D eigenvalue weighted by atomic mass is 9.85. The van der Waals surface area contributed by atoms with Crippen LogP contribution in [0.3, 0.4) is 0 Å². The fraction of sp³-hybridized carbons (Fsp3) is 0.375. The summed E-state index contributed by atoms with van der Waals surface area (Å²) in [6, 6.07) is 8.30. The Morgan fingerprint density at radius 2 is 2.14 bits per heavy atom. The minimum Gasteiger partial charge on any atom is -0.336 e. The third-order valence-corrected chi connectivity index (χ3v) is 4.54. The number of rotatable bonds is 2. The molecule has 5 heteroatoms. The minimum atomic E-state index is -0.0160. The number of aromatic nitrogens is 2. The van der Waals surface area contributed by atoms with Gasteiger partial charge in [0, 0.05) is 37.3 Å². The SMILES string of the molecule is Cc1c(C2CN(C(=O)CCl)Cc3ccccc32)cnn1C. The number of carbonyl (C=O) groups excluding carboxylic acids is 1. The van der Waals surface area contributed by atoms with Crippen LogP contribution in [0.5, 0.6) is 0 Å². The molecule has 1 aliphatic heterocycles. The van der Waals surface area contributed by atoms with E-state index >= 15 is 0 Å². The highest BCUT2D eigenvalue weighted by Gasteiger charge is 2.30. The van der Waals surface area contributed by atoms with Crippen LogP contribution in [0.25, 0.3) is 0 Å². The monoisotopic (exact) mass is 303 g/mol. The molecule has 2 aromatic rings. The molecule has 4 nitrogen and oxygen atoms in total. The first-order valence-corrected chi connectivity index (χ1v) is 7.55. The standard InChI is InChI=1S/C16H18ClN3O/c1-11-14(8-18-19(11)2)15-10-20(16(21)7-17)9-12-5-3-4-6-13(12)15/h3-6,8,15H,7,9-10H2,1-2H3. The first-order valence-electron chi connectivity index (χ1n) is 7.02. The molecule has 1 atom stereocenters. The van der Waals surface area contributed by atoms with E-state index in [-0.39, 0.29) is 17.7 Å². The number of amides is 1. The number of benzene rings is 1. The molecule has 21 heavy (non-hydrogen) atoms. The molecule has 0 fully saturated rings. The maximum atomic E-state index is 12.0. The van der Waals surface area contributed by atoms with Crippen LogP contribution in [0.4, 0.5) is 0 Å². The molecular weight excluding hydrogens is 286 g/mol. The predicted octanol–water partition coefficient (Wildman–Crippen LogP) is 2.44. The zero-order valence-corrected chi connectivity index (χ0v) is 13.0. The molecule has 0 radical (unpaired) electrons. The van der Waals surface area contributed by atoms with E-state index in [0.29, 0.717) is 13.1 Å². The zero-order valence-electron chi connectivity index (χ0n) is 12.2. The van der Waals surface area contributed by atoms with Gasteiger partial charge in [-0.1, -0.05) is 24.3 Å². The summed E-state index contributed by atoms with van der Waals surface area (Å²) in [5.41, 5.74) is 4.79. The maximum Gasteiger partial charge on any atom is 0.237 e. The highest BCUT2D eigenvalue weighted by atomic mass is 35.5. The predicted molar refractivity (Wildman–Crippen MR) is 82.4 cm³/mol. The molecule has 3 rings (SSSR count). The summed E-state index contributed by atoms with van der Waals surface area (Å²) >= 11 is 5.73. The number of halogens is 1. The van der Waals surface area contributed by atoms with E-state index in [4.69, 9.17) is 11.6 Å². The van der Waals surface area contributed by atoms with Gasteiger partial charge in [0.1, 0.15) is 5.88 Å². The Balaban J connectivity index is 2.06. The second-order valence-corrected chi connectivity index (χ2v) is 5.74. The number of aryl methyl sites for hydroxylation is 1. The van der Waals surface area contributed by atoms with Gasteiger partial charge in [0.2, 0.25) is 5.91 Å². The second kappa shape index (κ2) is 5.53. The number of hydrogen-bond donors (Lipinski definition) is 0. The van der Waals surface area contributed by atoms with Crippen LogP contribution in [0.2, 0.25) is 0 Å². The highest BCUT2D eigenvalue weighted by molar-refractivity contribution is 6.27. The number of alkyl halides is 1. The molecule has 110 valence electrons. The average Bonchev–Trinajstić information content (AvgIpc) is 2.85. The van der Waals surface area contributed by atoms with Gasteiger partial charge in [-0.25, -0.2) is 0 Å². The topological polar surface area (TPSA) is 38.1 Å². The lowest BCUT2D eigenvalue weighted by molar-refractivity contribution is -0.129.